The van der Waals surface area contributed by atoms with Crippen molar-refractivity contribution in [2.45, 2.75) is 56.8 Å². The third-order valence-electron chi connectivity index (χ3n) is 5.56. The maximum atomic E-state index is 11.9. The van der Waals surface area contributed by atoms with Gasteiger partial charge >= 0.3 is 0 Å². The van der Waals surface area contributed by atoms with Crippen molar-refractivity contribution in [2.24, 2.45) is 4.99 Å². The number of nitrogens with zero attached hydrogens (tertiary/aromatic N) is 3. The highest BCUT2D eigenvalue weighted by Gasteiger charge is 2.36. The van der Waals surface area contributed by atoms with E-state index >= 15 is 0 Å². The fourth-order valence-corrected chi connectivity index (χ4v) is 4.60. The van der Waals surface area contributed by atoms with Crippen LogP contribution in [0, 0.1) is 0 Å². The molecule has 0 spiro atoms. The van der Waals surface area contributed by atoms with E-state index in [0.717, 1.165) is 25.3 Å². The first-order valence-corrected chi connectivity index (χ1v) is 10.4. The summed E-state index contributed by atoms with van der Waals surface area (Å²) in [5.41, 5.74) is 0. The van der Waals surface area contributed by atoms with E-state index in [1.54, 1.807) is 30.3 Å². The van der Waals surface area contributed by atoms with E-state index in [1.165, 1.54) is 24.1 Å². The van der Waals surface area contributed by atoms with Crippen LogP contribution in [0.4, 0.5) is 0 Å². The van der Waals surface area contributed by atoms with Crippen LogP contribution in [0.3, 0.4) is 0 Å². The molecule has 27 heavy (non-hydrogen) atoms. The van der Waals surface area contributed by atoms with Gasteiger partial charge in [-0.3, -0.25) is 4.79 Å². The van der Waals surface area contributed by atoms with Gasteiger partial charge in [0.15, 0.2) is 5.96 Å². The average molecular weight is 505 g/mol. The Morgan fingerprint density at radius 3 is 2.63 bits per heavy atom. The third kappa shape index (κ3) is 6.32. The summed E-state index contributed by atoms with van der Waals surface area (Å²) in [5.74, 6) is 0.767. The summed E-state index contributed by atoms with van der Waals surface area (Å²) in [6, 6.07) is 5.93. The molecule has 2 N–H and O–H groups in total. The molecule has 152 valence electrons. The van der Waals surface area contributed by atoms with Gasteiger partial charge in [-0.05, 0) is 44.2 Å². The Balaban J connectivity index is 0.00000261. The van der Waals surface area contributed by atoms with Crippen molar-refractivity contribution >= 4 is 47.2 Å². The summed E-state index contributed by atoms with van der Waals surface area (Å²) in [7, 11) is 5.80. The van der Waals surface area contributed by atoms with Gasteiger partial charge in [-0.25, -0.2) is 4.99 Å². The first-order valence-electron chi connectivity index (χ1n) is 9.52. The number of rotatable bonds is 5. The number of thiophene rings is 1. The zero-order valence-electron chi connectivity index (χ0n) is 16.5. The largest absolute Gasteiger partial charge is 0.354 e. The molecule has 0 aromatic carbocycles. The molecule has 6 nitrogen and oxygen atoms in total. The van der Waals surface area contributed by atoms with E-state index in [1.807, 2.05) is 0 Å². The molecule has 3 rings (SSSR count). The maximum Gasteiger partial charge on any atom is 0.243 e. The molecular formula is C19H32IN5OS. The summed E-state index contributed by atoms with van der Waals surface area (Å²) in [4.78, 5) is 21.9. The minimum Gasteiger partial charge on any atom is -0.354 e. The normalized spacial score (nSPS) is 25.4. The fraction of sp³-hybridized carbons (Fsp3) is 0.684. The first-order chi connectivity index (χ1) is 12.5. The second-order valence-corrected chi connectivity index (χ2v) is 8.63. The zero-order valence-corrected chi connectivity index (χ0v) is 19.6. The van der Waals surface area contributed by atoms with Crippen molar-refractivity contribution in [3.8, 4) is 0 Å². The molecule has 2 bridgehead atoms. The van der Waals surface area contributed by atoms with Gasteiger partial charge in [-0.1, -0.05) is 12.5 Å². The monoisotopic (exact) mass is 505 g/mol. The van der Waals surface area contributed by atoms with Gasteiger partial charge < -0.3 is 20.4 Å². The number of piperidine rings is 2. The van der Waals surface area contributed by atoms with Crippen molar-refractivity contribution in [3.63, 3.8) is 0 Å². The van der Waals surface area contributed by atoms with Crippen LogP contribution < -0.4 is 10.6 Å². The Kier molecular flexibility index (Phi) is 8.81. The minimum atomic E-state index is 0. The number of halogens is 1. The number of guanidine groups is 1. The van der Waals surface area contributed by atoms with Crippen LogP contribution in [0.5, 0.6) is 0 Å². The Hall–Kier alpha value is -0.870. The van der Waals surface area contributed by atoms with Gasteiger partial charge in [-0.15, -0.1) is 35.3 Å². The predicted molar refractivity (Wildman–Crippen MR) is 123 cm³/mol. The molecule has 1 amide bonds. The van der Waals surface area contributed by atoms with Crippen LogP contribution >= 0.6 is 35.3 Å². The molecule has 2 unspecified atom stereocenters. The predicted octanol–water partition coefficient (Wildman–Crippen LogP) is 2.50. The Labute approximate surface area is 183 Å². The van der Waals surface area contributed by atoms with E-state index in [9.17, 15) is 4.79 Å². The smallest absolute Gasteiger partial charge is 0.243 e. The number of fused-ring (bicyclic) bond motifs is 2. The number of hydrogen-bond donors (Lipinski definition) is 2. The number of amides is 1. The van der Waals surface area contributed by atoms with Crippen molar-refractivity contribution in [3.05, 3.63) is 22.4 Å². The molecule has 1 aromatic rings. The highest BCUT2D eigenvalue weighted by atomic mass is 127. The van der Waals surface area contributed by atoms with E-state index in [-0.39, 0.29) is 36.4 Å². The van der Waals surface area contributed by atoms with Crippen molar-refractivity contribution < 1.29 is 4.79 Å². The molecule has 0 saturated carbocycles. The van der Waals surface area contributed by atoms with E-state index in [2.05, 4.69) is 45.1 Å². The molecule has 2 aliphatic rings. The molecule has 0 radical (unpaired) electrons. The van der Waals surface area contributed by atoms with E-state index in [0.29, 0.717) is 18.1 Å². The van der Waals surface area contributed by atoms with Gasteiger partial charge in [-0.2, -0.15) is 0 Å². The van der Waals surface area contributed by atoms with E-state index < -0.39 is 0 Å². The number of nitrogens with one attached hydrogen (secondary N) is 2. The Morgan fingerprint density at radius 2 is 2.04 bits per heavy atom. The second kappa shape index (κ2) is 10.6. The second-order valence-electron chi connectivity index (χ2n) is 7.60. The molecule has 8 heteroatoms. The summed E-state index contributed by atoms with van der Waals surface area (Å²) < 4.78 is 0. The Morgan fingerprint density at radius 1 is 1.33 bits per heavy atom. The number of carbonyl (C=O) groups excluding carboxylic acids is 1. The summed E-state index contributed by atoms with van der Waals surface area (Å²) in [6.07, 6.45) is 6.22. The quantitative estimate of drug-likeness (QED) is 0.367. The van der Waals surface area contributed by atoms with Crippen LogP contribution in [0.2, 0.25) is 0 Å². The highest BCUT2D eigenvalue weighted by molar-refractivity contribution is 14.0. The van der Waals surface area contributed by atoms with Crippen LogP contribution in [0.1, 0.15) is 37.0 Å². The third-order valence-corrected chi connectivity index (χ3v) is 6.44. The molecular weight excluding hydrogens is 473 g/mol. The first kappa shape index (κ1) is 22.4. The standard InChI is InChI=1S/C19H31N5OS.HI/c1-23(2)18(25)13-21-19(20-12-17-8-5-9-26-17)22-14-10-15-6-4-7-16(11-14)24(15)3;/h5,8-9,14-16H,4,6-7,10-13H2,1-3H3,(H2,20,21,22);1H. The number of likely N-dealkylation sites (N-methyl/N-ethyl adjacent to an activating group) is 1. The van der Waals surface area contributed by atoms with Crippen LogP contribution in [0.15, 0.2) is 22.5 Å². The lowest BCUT2D eigenvalue weighted by Crippen LogP contribution is -2.56. The van der Waals surface area contributed by atoms with E-state index in [4.69, 9.17) is 0 Å². The molecule has 2 aliphatic heterocycles. The summed E-state index contributed by atoms with van der Waals surface area (Å²) in [5, 5.41) is 9.09. The van der Waals surface area contributed by atoms with Crippen molar-refractivity contribution in [1.82, 2.24) is 20.4 Å². The average Bonchev–Trinajstić information content (AvgIpc) is 3.11. The zero-order chi connectivity index (χ0) is 18.5. The van der Waals surface area contributed by atoms with Crippen LogP contribution in [-0.4, -0.2) is 67.5 Å². The number of carbonyl (C=O) groups is 1. The molecule has 2 atom stereocenters. The topological polar surface area (TPSA) is 60.0 Å². The van der Waals surface area contributed by atoms with Gasteiger partial charge in [0.2, 0.25) is 5.91 Å². The molecule has 2 fully saturated rings. The maximum absolute atomic E-state index is 11.9. The lowest BCUT2D eigenvalue weighted by Gasteiger charge is -2.47. The van der Waals surface area contributed by atoms with Gasteiger partial charge in [0, 0.05) is 37.1 Å². The lowest BCUT2D eigenvalue weighted by atomic mass is 9.82. The van der Waals surface area contributed by atoms with Crippen LogP contribution in [0.25, 0.3) is 0 Å². The van der Waals surface area contributed by atoms with Gasteiger partial charge in [0.05, 0.1) is 6.54 Å². The lowest BCUT2D eigenvalue weighted by molar-refractivity contribution is -0.127. The van der Waals surface area contributed by atoms with Crippen LogP contribution in [-0.2, 0) is 11.3 Å². The SMILES string of the molecule is CN(C)C(=O)CN=C(NCc1cccs1)NC1CC2CCCC(C1)N2C.I. The fourth-order valence-electron chi connectivity index (χ4n) is 3.95. The Bertz CT molecular complexity index is 608. The number of aliphatic imine (C=N–C) groups is 1. The van der Waals surface area contributed by atoms with Gasteiger partial charge in [0.1, 0.15) is 6.54 Å². The molecule has 2 saturated heterocycles. The van der Waals surface area contributed by atoms with Gasteiger partial charge in [0.25, 0.3) is 0 Å². The summed E-state index contributed by atoms with van der Waals surface area (Å²) in [6.45, 7) is 0.908. The molecule has 1 aromatic heterocycles. The minimum absolute atomic E-state index is 0. The summed E-state index contributed by atoms with van der Waals surface area (Å²) >= 11 is 1.73. The van der Waals surface area contributed by atoms with Crippen molar-refractivity contribution in [2.75, 3.05) is 27.7 Å². The highest BCUT2D eigenvalue weighted by Crippen LogP contribution is 2.32. The number of hydrogen-bond acceptors (Lipinski definition) is 4. The molecule has 0 aliphatic carbocycles. The van der Waals surface area contributed by atoms with Crippen molar-refractivity contribution in [1.29, 1.82) is 0 Å². The molecule has 3 heterocycles.